The van der Waals surface area contributed by atoms with Crippen LogP contribution in [0.1, 0.15) is 18.9 Å². The van der Waals surface area contributed by atoms with Crippen molar-refractivity contribution in [2.45, 2.75) is 19.3 Å². The first-order valence-electron chi connectivity index (χ1n) is 7.18. The number of benzene rings is 2. The second-order valence-electron chi connectivity index (χ2n) is 5.41. The highest BCUT2D eigenvalue weighted by Gasteiger charge is 2.36. The molecule has 1 unspecified atom stereocenters. The SMILES string of the molecule is CC(CC(F)(F)c1ccccc1)C(=O)N(C)c1ccccc1. The van der Waals surface area contributed by atoms with Crippen LogP contribution < -0.4 is 4.90 Å². The van der Waals surface area contributed by atoms with Gasteiger partial charge in [0, 0.05) is 30.6 Å². The van der Waals surface area contributed by atoms with Gasteiger partial charge < -0.3 is 4.90 Å². The van der Waals surface area contributed by atoms with E-state index in [0.29, 0.717) is 5.69 Å². The maximum absolute atomic E-state index is 14.3. The zero-order chi connectivity index (χ0) is 16.2. The van der Waals surface area contributed by atoms with Crippen LogP contribution in [-0.4, -0.2) is 13.0 Å². The number of carbonyl (C=O) groups excluding carboxylic acids is 1. The van der Waals surface area contributed by atoms with Crippen molar-refractivity contribution in [1.29, 1.82) is 0 Å². The predicted octanol–water partition coefficient (Wildman–Crippen LogP) is 4.47. The summed E-state index contributed by atoms with van der Waals surface area (Å²) in [4.78, 5) is 13.8. The van der Waals surface area contributed by atoms with Crippen molar-refractivity contribution in [2.24, 2.45) is 5.92 Å². The summed E-state index contributed by atoms with van der Waals surface area (Å²) in [5, 5.41) is 0. The average molecular weight is 303 g/mol. The molecule has 0 bridgehead atoms. The molecule has 0 spiro atoms. The predicted molar refractivity (Wildman–Crippen MR) is 84.0 cm³/mol. The molecule has 1 amide bonds. The van der Waals surface area contributed by atoms with E-state index in [1.807, 2.05) is 18.2 Å². The number of hydrogen-bond donors (Lipinski definition) is 0. The Morgan fingerprint density at radius 3 is 2.09 bits per heavy atom. The van der Waals surface area contributed by atoms with Crippen LogP contribution in [0.15, 0.2) is 60.7 Å². The Hall–Kier alpha value is -2.23. The molecule has 0 heterocycles. The maximum atomic E-state index is 14.3. The highest BCUT2D eigenvalue weighted by Crippen LogP contribution is 2.35. The van der Waals surface area contributed by atoms with Crippen LogP contribution in [0, 0.1) is 5.92 Å². The van der Waals surface area contributed by atoms with Gasteiger partial charge in [-0.25, -0.2) is 8.78 Å². The van der Waals surface area contributed by atoms with E-state index < -0.39 is 18.3 Å². The molecule has 4 heteroatoms. The third kappa shape index (κ3) is 3.70. The Kier molecular flexibility index (Phi) is 4.91. The van der Waals surface area contributed by atoms with Gasteiger partial charge in [-0.2, -0.15) is 0 Å². The highest BCUT2D eigenvalue weighted by atomic mass is 19.3. The number of amides is 1. The fourth-order valence-corrected chi connectivity index (χ4v) is 2.38. The summed E-state index contributed by atoms with van der Waals surface area (Å²) in [6.07, 6.45) is -0.507. The van der Waals surface area contributed by atoms with Gasteiger partial charge in [-0.05, 0) is 12.1 Å². The molecule has 0 saturated heterocycles. The number of para-hydroxylation sites is 1. The van der Waals surface area contributed by atoms with Crippen molar-refractivity contribution >= 4 is 11.6 Å². The maximum Gasteiger partial charge on any atom is 0.274 e. The fraction of sp³-hybridized carbons (Fsp3) is 0.278. The Morgan fingerprint density at radius 2 is 1.55 bits per heavy atom. The standard InChI is InChI=1S/C18H19F2NO/c1-14(13-18(19,20)15-9-5-3-6-10-15)17(22)21(2)16-11-7-4-8-12-16/h3-12,14H,13H2,1-2H3. The molecule has 0 fully saturated rings. The molecule has 116 valence electrons. The van der Waals surface area contributed by atoms with E-state index in [2.05, 4.69) is 0 Å². The van der Waals surface area contributed by atoms with Crippen LogP contribution in [0.25, 0.3) is 0 Å². The lowest BCUT2D eigenvalue weighted by Crippen LogP contribution is -2.34. The monoisotopic (exact) mass is 303 g/mol. The topological polar surface area (TPSA) is 20.3 Å². The minimum atomic E-state index is -3.02. The van der Waals surface area contributed by atoms with Crippen molar-refractivity contribution in [3.8, 4) is 0 Å². The lowest BCUT2D eigenvalue weighted by molar-refractivity contribution is -0.125. The van der Waals surface area contributed by atoms with Crippen molar-refractivity contribution < 1.29 is 13.6 Å². The number of rotatable bonds is 5. The van der Waals surface area contributed by atoms with Gasteiger partial charge >= 0.3 is 0 Å². The summed E-state index contributed by atoms with van der Waals surface area (Å²) < 4.78 is 28.5. The van der Waals surface area contributed by atoms with Crippen LogP contribution in [0.5, 0.6) is 0 Å². The molecular weight excluding hydrogens is 284 g/mol. The van der Waals surface area contributed by atoms with Gasteiger partial charge in [0.2, 0.25) is 5.91 Å². The smallest absolute Gasteiger partial charge is 0.274 e. The molecule has 2 aromatic carbocycles. The van der Waals surface area contributed by atoms with Crippen molar-refractivity contribution in [3.05, 3.63) is 66.2 Å². The first kappa shape index (κ1) is 16.1. The van der Waals surface area contributed by atoms with Gasteiger partial charge in [-0.1, -0.05) is 55.5 Å². The zero-order valence-electron chi connectivity index (χ0n) is 12.7. The third-order valence-corrected chi connectivity index (χ3v) is 3.65. The number of hydrogen-bond acceptors (Lipinski definition) is 1. The lowest BCUT2D eigenvalue weighted by atomic mass is 9.96. The van der Waals surface area contributed by atoms with Gasteiger partial charge in [0.25, 0.3) is 5.92 Å². The first-order valence-corrected chi connectivity index (χ1v) is 7.18. The summed E-state index contributed by atoms with van der Waals surface area (Å²) in [6, 6.07) is 16.6. The normalized spacial score (nSPS) is 12.7. The molecule has 22 heavy (non-hydrogen) atoms. The summed E-state index contributed by atoms with van der Waals surface area (Å²) in [5.41, 5.74) is 0.638. The van der Waals surface area contributed by atoms with Crippen LogP contribution in [0.4, 0.5) is 14.5 Å². The minimum Gasteiger partial charge on any atom is -0.315 e. The summed E-state index contributed by atoms with van der Waals surface area (Å²) in [6.45, 7) is 1.54. The quantitative estimate of drug-likeness (QED) is 0.798. The van der Waals surface area contributed by atoms with Crippen LogP contribution in [0.3, 0.4) is 0 Å². The molecule has 2 rings (SSSR count). The number of carbonyl (C=O) groups is 1. The van der Waals surface area contributed by atoms with Crippen LogP contribution >= 0.6 is 0 Å². The molecule has 0 aromatic heterocycles. The van der Waals surface area contributed by atoms with E-state index in [9.17, 15) is 13.6 Å². The highest BCUT2D eigenvalue weighted by molar-refractivity contribution is 5.94. The lowest BCUT2D eigenvalue weighted by Gasteiger charge is -2.25. The number of nitrogens with zero attached hydrogens (tertiary/aromatic N) is 1. The summed E-state index contributed by atoms with van der Waals surface area (Å²) in [7, 11) is 1.61. The molecule has 1 atom stereocenters. The van der Waals surface area contributed by atoms with E-state index in [1.165, 1.54) is 17.0 Å². The Balaban J connectivity index is 2.08. The van der Waals surface area contributed by atoms with E-state index in [4.69, 9.17) is 0 Å². The van der Waals surface area contributed by atoms with Gasteiger partial charge in [0.05, 0.1) is 0 Å². The van der Waals surface area contributed by atoms with E-state index in [1.54, 1.807) is 44.3 Å². The van der Waals surface area contributed by atoms with Crippen molar-refractivity contribution in [2.75, 3.05) is 11.9 Å². The van der Waals surface area contributed by atoms with Crippen LogP contribution in [0.2, 0.25) is 0 Å². The molecule has 0 aliphatic rings. The largest absolute Gasteiger partial charge is 0.315 e. The van der Waals surface area contributed by atoms with Gasteiger partial charge in [-0.3, -0.25) is 4.79 Å². The Bertz CT molecular complexity index is 613. The second-order valence-corrected chi connectivity index (χ2v) is 5.41. The van der Waals surface area contributed by atoms with Crippen LogP contribution in [-0.2, 0) is 10.7 Å². The molecule has 0 radical (unpaired) electrons. The molecule has 0 aliphatic heterocycles. The van der Waals surface area contributed by atoms with E-state index >= 15 is 0 Å². The molecule has 0 saturated carbocycles. The number of halogens is 2. The number of anilines is 1. The molecule has 2 aromatic rings. The molecule has 0 aliphatic carbocycles. The third-order valence-electron chi connectivity index (χ3n) is 3.65. The molecule has 2 nitrogen and oxygen atoms in total. The minimum absolute atomic E-state index is 0.0583. The molecule has 0 N–H and O–H groups in total. The van der Waals surface area contributed by atoms with Gasteiger partial charge in [-0.15, -0.1) is 0 Å². The van der Waals surface area contributed by atoms with E-state index in [0.717, 1.165) is 0 Å². The van der Waals surface area contributed by atoms with Gasteiger partial charge in [0.15, 0.2) is 0 Å². The van der Waals surface area contributed by atoms with Gasteiger partial charge in [0.1, 0.15) is 0 Å². The first-order chi connectivity index (χ1) is 10.4. The molecular formula is C18H19F2NO. The van der Waals surface area contributed by atoms with Crippen molar-refractivity contribution in [3.63, 3.8) is 0 Å². The zero-order valence-corrected chi connectivity index (χ0v) is 12.7. The summed E-state index contributed by atoms with van der Waals surface area (Å²) >= 11 is 0. The average Bonchev–Trinajstić information content (AvgIpc) is 2.54. The second kappa shape index (κ2) is 6.69. The Labute approximate surface area is 129 Å². The number of alkyl halides is 2. The van der Waals surface area contributed by atoms with E-state index in [-0.39, 0.29) is 11.5 Å². The summed E-state index contributed by atoms with van der Waals surface area (Å²) in [5.74, 6) is -4.12. The van der Waals surface area contributed by atoms with Crippen molar-refractivity contribution in [1.82, 2.24) is 0 Å². The fourth-order valence-electron chi connectivity index (χ4n) is 2.38. The Morgan fingerprint density at radius 1 is 1.05 bits per heavy atom.